The van der Waals surface area contributed by atoms with E-state index in [1.807, 2.05) is 12.1 Å². The molecule has 0 aliphatic carbocycles. The molecule has 0 amide bonds. The Bertz CT molecular complexity index is 384. The minimum absolute atomic E-state index is 0.574. The van der Waals surface area contributed by atoms with Crippen molar-refractivity contribution in [3.8, 4) is 5.75 Å². The van der Waals surface area contributed by atoms with Gasteiger partial charge in [-0.15, -0.1) is 0 Å². The van der Waals surface area contributed by atoms with Gasteiger partial charge in [0.25, 0.3) is 0 Å². The molecular formula is C17H28N2O. The summed E-state index contributed by atoms with van der Waals surface area (Å²) in [5.74, 6) is 1.75. The minimum Gasteiger partial charge on any atom is -0.497 e. The van der Waals surface area contributed by atoms with Gasteiger partial charge in [0.1, 0.15) is 5.75 Å². The number of piperidine rings is 1. The molecule has 0 saturated carbocycles. The first-order chi connectivity index (χ1) is 9.69. The van der Waals surface area contributed by atoms with Crippen LogP contribution in [-0.4, -0.2) is 44.7 Å². The number of nitrogens with one attached hydrogen (secondary N) is 1. The van der Waals surface area contributed by atoms with E-state index in [0.29, 0.717) is 6.04 Å². The molecule has 1 saturated heterocycles. The molecule has 1 aliphatic heterocycles. The summed E-state index contributed by atoms with van der Waals surface area (Å²) in [5.41, 5.74) is 1.38. The summed E-state index contributed by atoms with van der Waals surface area (Å²) in [6.07, 6.45) is 3.79. The SMILES string of the molecule is COc1ccc(CC(C)N(C)CC2CCCNC2)cc1. The second-order valence-corrected chi connectivity index (χ2v) is 6.05. The van der Waals surface area contributed by atoms with E-state index in [9.17, 15) is 0 Å². The molecule has 0 spiro atoms. The highest BCUT2D eigenvalue weighted by molar-refractivity contribution is 5.27. The van der Waals surface area contributed by atoms with Gasteiger partial charge in [0.2, 0.25) is 0 Å². The lowest BCUT2D eigenvalue weighted by Gasteiger charge is -2.31. The Kier molecular flexibility index (Phi) is 5.86. The average molecular weight is 276 g/mol. The zero-order valence-electron chi connectivity index (χ0n) is 13.1. The third-order valence-electron chi connectivity index (χ3n) is 4.39. The van der Waals surface area contributed by atoms with Crippen LogP contribution in [0.15, 0.2) is 24.3 Å². The molecule has 1 N–H and O–H groups in total. The van der Waals surface area contributed by atoms with Crippen molar-refractivity contribution >= 4 is 0 Å². The van der Waals surface area contributed by atoms with Gasteiger partial charge in [0, 0.05) is 12.6 Å². The van der Waals surface area contributed by atoms with E-state index in [4.69, 9.17) is 4.74 Å². The van der Waals surface area contributed by atoms with Gasteiger partial charge in [-0.25, -0.2) is 0 Å². The largest absolute Gasteiger partial charge is 0.497 e. The Morgan fingerprint density at radius 1 is 1.35 bits per heavy atom. The summed E-state index contributed by atoms with van der Waals surface area (Å²) in [6.45, 7) is 5.89. The number of likely N-dealkylation sites (N-methyl/N-ethyl adjacent to an activating group) is 1. The molecule has 1 fully saturated rings. The van der Waals surface area contributed by atoms with Gasteiger partial charge >= 0.3 is 0 Å². The molecule has 1 heterocycles. The molecule has 0 radical (unpaired) electrons. The summed E-state index contributed by atoms with van der Waals surface area (Å²) in [6, 6.07) is 9.02. The number of hydrogen-bond donors (Lipinski definition) is 1. The van der Waals surface area contributed by atoms with Crippen molar-refractivity contribution in [2.75, 3.05) is 33.8 Å². The molecule has 2 atom stereocenters. The van der Waals surface area contributed by atoms with Crippen molar-refractivity contribution in [3.05, 3.63) is 29.8 Å². The zero-order valence-corrected chi connectivity index (χ0v) is 13.1. The quantitative estimate of drug-likeness (QED) is 0.864. The van der Waals surface area contributed by atoms with E-state index >= 15 is 0 Å². The highest BCUT2D eigenvalue weighted by Crippen LogP contribution is 2.16. The van der Waals surface area contributed by atoms with Crippen LogP contribution in [0.3, 0.4) is 0 Å². The van der Waals surface area contributed by atoms with E-state index in [1.165, 1.54) is 38.0 Å². The van der Waals surface area contributed by atoms with Crippen molar-refractivity contribution in [3.63, 3.8) is 0 Å². The Morgan fingerprint density at radius 3 is 2.70 bits per heavy atom. The molecule has 1 aromatic rings. The van der Waals surface area contributed by atoms with Crippen molar-refractivity contribution < 1.29 is 4.74 Å². The highest BCUT2D eigenvalue weighted by atomic mass is 16.5. The van der Waals surface area contributed by atoms with E-state index in [2.05, 4.69) is 36.3 Å². The maximum absolute atomic E-state index is 5.20. The van der Waals surface area contributed by atoms with E-state index in [-0.39, 0.29) is 0 Å². The van der Waals surface area contributed by atoms with Gasteiger partial charge in [-0.1, -0.05) is 12.1 Å². The fourth-order valence-corrected chi connectivity index (χ4v) is 2.93. The third kappa shape index (κ3) is 4.50. The second-order valence-electron chi connectivity index (χ2n) is 6.05. The first-order valence-corrected chi connectivity index (χ1v) is 7.73. The second kappa shape index (κ2) is 7.65. The summed E-state index contributed by atoms with van der Waals surface area (Å²) in [5, 5.41) is 3.50. The maximum Gasteiger partial charge on any atom is 0.118 e. The lowest BCUT2D eigenvalue weighted by molar-refractivity contribution is 0.197. The van der Waals surface area contributed by atoms with Crippen molar-refractivity contribution in [1.29, 1.82) is 0 Å². The predicted octanol–water partition coefficient (Wildman–Crippen LogP) is 2.56. The summed E-state index contributed by atoms with van der Waals surface area (Å²) in [7, 11) is 3.96. The van der Waals surface area contributed by atoms with Gasteiger partial charge in [-0.05, 0) is 69.9 Å². The van der Waals surface area contributed by atoms with E-state index < -0.39 is 0 Å². The molecule has 1 aromatic carbocycles. The van der Waals surface area contributed by atoms with Crippen LogP contribution < -0.4 is 10.1 Å². The molecule has 1 aliphatic rings. The van der Waals surface area contributed by atoms with Crippen LogP contribution >= 0.6 is 0 Å². The normalized spacial score (nSPS) is 20.9. The highest BCUT2D eigenvalue weighted by Gasteiger charge is 2.18. The van der Waals surface area contributed by atoms with Crippen LogP contribution in [0.2, 0.25) is 0 Å². The predicted molar refractivity (Wildman–Crippen MR) is 84.4 cm³/mol. The van der Waals surface area contributed by atoms with Crippen molar-refractivity contribution in [2.45, 2.75) is 32.2 Å². The molecule has 2 unspecified atom stereocenters. The maximum atomic E-state index is 5.20. The van der Waals surface area contributed by atoms with Crippen LogP contribution in [0.25, 0.3) is 0 Å². The van der Waals surface area contributed by atoms with Crippen molar-refractivity contribution in [2.24, 2.45) is 5.92 Å². The molecule has 0 bridgehead atoms. The van der Waals surface area contributed by atoms with Crippen molar-refractivity contribution in [1.82, 2.24) is 10.2 Å². The van der Waals surface area contributed by atoms with E-state index in [1.54, 1.807) is 7.11 Å². The fraction of sp³-hybridized carbons (Fsp3) is 0.647. The van der Waals surface area contributed by atoms with Crippen LogP contribution in [-0.2, 0) is 6.42 Å². The Hall–Kier alpha value is -1.06. The monoisotopic (exact) mass is 276 g/mol. The molecule has 3 nitrogen and oxygen atoms in total. The van der Waals surface area contributed by atoms with Gasteiger partial charge in [-0.2, -0.15) is 0 Å². The smallest absolute Gasteiger partial charge is 0.118 e. The standard InChI is InChI=1S/C17H28N2O/c1-14(11-15-6-8-17(20-3)9-7-15)19(2)13-16-5-4-10-18-12-16/h6-9,14,16,18H,4-5,10-13H2,1-3H3. The Morgan fingerprint density at radius 2 is 2.10 bits per heavy atom. The number of benzene rings is 1. The van der Waals surface area contributed by atoms with Gasteiger partial charge in [0.15, 0.2) is 0 Å². The van der Waals surface area contributed by atoms with Crippen LogP contribution in [0, 0.1) is 5.92 Å². The third-order valence-corrected chi connectivity index (χ3v) is 4.39. The average Bonchev–Trinajstić information content (AvgIpc) is 2.49. The lowest BCUT2D eigenvalue weighted by atomic mass is 9.98. The Labute approximate surface area is 123 Å². The number of hydrogen-bond acceptors (Lipinski definition) is 3. The molecular weight excluding hydrogens is 248 g/mol. The topological polar surface area (TPSA) is 24.5 Å². The van der Waals surface area contributed by atoms with Crippen LogP contribution in [0.5, 0.6) is 5.75 Å². The first-order valence-electron chi connectivity index (χ1n) is 7.73. The molecule has 3 heteroatoms. The molecule has 112 valence electrons. The van der Waals surface area contributed by atoms with Gasteiger partial charge < -0.3 is 15.0 Å². The Balaban J connectivity index is 1.81. The number of methoxy groups -OCH3 is 1. The minimum atomic E-state index is 0.574. The fourth-order valence-electron chi connectivity index (χ4n) is 2.93. The van der Waals surface area contributed by atoms with Gasteiger partial charge in [0.05, 0.1) is 7.11 Å². The molecule has 20 heavy (non-hydrogen) atoms. The number of ether oxygens (including phenoxy) is 1. The number of nitrogens with zero attached hydrogens (tertiary/aromatic N) is 1. The van der Waals surface area contributed by atoms with E-state index in [0.717, 1.165) is 18.1 Å². The van der Waals surface area contributed by atoms with Crippen LogP contribution in [0.4, 0.5) is 0 Å². The van der Waals surface area contributed by atoms with Gasteiger partial charge in [-0.3, -0.25) is 0 Å². The zero-order chi connectivity index (χ0) is 14.4. The summed E-state index contributed by atoms with van der Waals surface area (Å²) < 4.78 is 5.20. The van der Waals surface area contributed by atoms with Crippen LogP contribution in [0.1, 0.15) is 25.3 Å². The summed E-state index contributed by atoms with van der Waals surface area (Å²) in [4.78, 5) is 2.50. The lowest BCUT2D eigenvalue weighted by Crippen LogP contribution is -2.40. The summed E-state index contributed by atoms with van der Waals surface area (Å²) >= 11 is 0. The number of rotatable bonds is 6. The first kappa shape index (κ1) is 15.3. The molecule has 0 aromatic heterocycles. The molecule has 2 rings (SSSR count).